The van der Waals surface area contributed by atoms with Gasteiger partial charge < -0.3 is 29.1 Å². The lowest BCUT2D eigenvalue weighted by atomic mass is 9.89. The van der Waals surface area contributed by atoms with Crippen molar-refractivity contribution in [1.29, 1.82) is 0 Å². The van der Waals surface area contributed by atoms with Crippen molar-refractivity contribution in [1.82, 2.24) is 9.80 Å². The zero-order valence-electron chi connectivity index (χ0n) is 23.0. The Labute approximate surface area is 225 Å². The first-order valence-electron chi connectivity index (χ1n) is 11.5. The Bertz CT molecular complexity index is 675. The van der Waals surface area contributed by atoms with E-state index in [2.05, 4.69) is 17.9 Å². The number of carboxylic acids is 1. The highest BCUT2D eigenvalue weighted by Crippen LogP contribution is 2.22. The predicted molar refractivity (Wildman–Crippen MR) is 150 cm³/mol. The number of carbonyl (C=O) groups is 4. The van der Waals surface area contributed by atoms with Crippen molar-refractivity contribution in [3.8, 4) is 0 Å². The number of nitrogens with zero attached hydrogens (tertiary/aromatic N) is 2. The van der Waals surface area contributed by atoms with Gasteiger partial charge >= 0.3 is 24.1 Å². The number of carboxylic acid groups (broad SMARTS) is 1. The van der Waals surface area contributed by atoms with Crippen LogP contribution in [0.1, 0.15) is 69.2 Å². The summed E-state index contributed by atoms with van der Waals surface area (Å²) in [7, 11) is 4.55. The summed E-state index contributed by atoms with van der Waals surface area (Å²) in [4.78, 5) is 47.7. The molecule has 0 aromatic heterocycles. The highest BCUT2D eigenvalue weighted by Gasteiger charge is 2.29. The minimum atomic E-state index is -0.875. The number of amides is 2. The second-order valence-corrected chi connectivity index (χ2v) is 8.64. The van der Waals surface area contributed by atoms with Crippen LogP contribution in [0, 0.1) is 10.8 Å². The van der Waals surface area contributed by atoms with E-state index >= 15 is 0 Å². The van der Waals surface area contributed by atoms with Crippen LogP contribution in [-0.2, 0) is 23.8 Å². The van der Waals surface area contributed by atoms with Crippen molar-refractivity contribution in [2.75, 3.05) is 47.5 Å². The van der Waals surface area contributed by atoms with Crippen LogP contribution in [0.15, 0.2) is 25.3 Å². The third-order valence-electron chi connectivity index (χ3n) is 4.73. The zero-order valence-corrected chi connectivity index (χ0v) is 23.0. The van der Waals surface area contributed by atoms with Crippen molar-refractivity contribution in [3.63, 3.8) is 0 Å². The molecular formula is C27H54N2O8. The van der Waals surface area contributed by atoms with E-state index in [0.29, 0.717) is 25.9 Å². The van der Waals surface area contributed by atoms with E-state index in [1.807, 2.05) is 13.8 Å². The van der Waals surface area contributed by atoms with Gasteiger partial charge in [-0.05, 0) is 40.5 Å². The normalized spacial score (nSPS) is 9.65. The van der Waals surface area contributed by atoms with Crippen LogP contribution in [0.5, 0.6) is 0 Å². The molecule has 0 radical (unpaired) electrons. The molecule has 0 aliphatic rings. The number of carbonyl (C=O) groups excluding carboxylic acids is 3. The highest BCUT2D eigenvalue weighted by atomic mass is 16.6. The Morgan fingerprint density at radius 1 is 0.784 bits per heavy atom. The van der Waals surface area contributed by atoms with Crippen LogP contribution in [0.2, 0.25) is 0 Å². The van der Waals surface area contributed by atoms with E-state index in [0.717, 1.165) is 0 Å². The summed E-state index contributed by atoms with van der Waals surface area (Å²) < 4.78 is 14.3. The monoisotopic (exact) mass is 534 g/mol. The number of esters is 1. The van der Waals surface area contributed by atoms with Gasteiger partial charge in [0.05, 0.1) is 17.9 Å². The lowest BCUT2D eigenvalue weighted by Gasteiger charge is -2.24. The molecule has 0 aromatic carbocycles. The molecule has 2 amide bonds. The first-order chi connectivity index (χ1) is 16.2. The molecule has 0 spiro atoms. The Balaban J connectivity index is -0.000000165. The molecule has 0 atom stereocenters. The van der Waals surface area contributed by atoms with Gasteiger partial charge in [-0.1, -0.05) is 54.0 Å². The molecule has 0 aromatic rings. The molecule has 0 aliphatic heterocycles. The summed E-state index contributed by atoms with van der Waals surface area (Å²) in [5.74, 6) is -1.16. The van der Waals surface area contributed by atoms with Crippen molar-refractivity contribution in [3.05, 3.63) is 25.3 Å². The van der Waals surface area contributed by atoms with Gasteiger partial charge in [0.2, 0.25) is 0 Å². The summed E-state index contributed by atoms with van der Waals surface area (Å²) in [6.45, 7) is 18.8. The first-order valence-corrected chi connectivity index (χ1v) is 11.5. The molecule has 0 saturated heterocycles. The summed E-state index contributed by atoms with van der Waals surface area (Å²) in [5.41, 5.74) is -1.45. The molecule has 0 saturated carbocycles. The molecule has 0 bridgehead atoms. The van der Waals surface area contributed by atoms with Crippen LogP contribution < -0.4 is 0 Å². The van der Waals surface area contributed by atoms with Crippen molar-refractivity contribution < 1.29 is 38.5 Å². The van der Waals surface area contributed by atoms with Crippen LogP contribution >= 0.6 is 0 Å². The maximum absolute atomic E-state index is 11.4. The van der Waals surface area contributed by atoms with Gasteiger partial charge in [0.25, 0.3) is 0 Å². The Morgan fingerprint density at radius 2 is 1.11 bits per heavy atom. The average molecular weight is 535 g/mol. The van der Waals surface area contributed by atoms with E-state index in [1.165, 1.54) is 29.1 Å². The molecule has 0 aliphatic carbocycles. The summed E-state index contributed by atoms with van der Waals surface area (Å²) in [6, 6.07) is 0. The topological polar surface area (TPSA) is 123 Å². The number of methoxy groups -OCH3 is 1. The SMILES string of the molecule is C.C.C=CCOC(=O)N(C)CCC(C)(C)C(=O)O.C=CCOC(=O)N(C)CCC(C)(C)C(=O)OC.CC. The second kappa shape index (κ2) is 23.4. The van der Waals surface area contributed by atoms with Crippen molar-refractivity contribution in [2.45, 2.75) is 69.2 Å². The number of aliphatic carboxylic acids is 1. The fourth-order valence-electron chi connectivity index (χ4n) is 2.04. The lowest BCUT2D eigenvalue weighted by molar-refractivity contribution is -0.151. The van der Waals surface area contributed by atoms with Crippen LogP contribution in [0.4, 0.5) is 9.59 Å². The molecule has 37 heavy (non-hydrogen) atoms. The molecule has 0 fully saturated rings. The third-order valence-corrected chi connectivity index (χ3v) is 4.73. The lowest BCUT2D eigenvalue weighted by Crippen LogP contribution is -2.34. The number of hydrogen-bond acceptors (Lipinski definition) is 7. The first kappa shape index (κ1) is 44.0. The number of hydrogen-bond donors (Lipinski definition) is 1. The van der Waals surface area contributed by atoms with Gasteiger partial charge in [0.1, 0.15) is 13.2 Å². The van der Waals surface area contributed by atoms with Crippen LogP contribution in [0.3, 0.4) is 0 Å². The fraction of sp³-hybridized carbons (Fsp3) is 0.704. The maximum atomic E-state index is 11.4. The average Bonchev–Trinajstić information content (AvgIpc) is 2.83. The van der Waals surface area contributed by atoms with Crippen molar-refractivity contribution in [2.24, 2.45) is 10.8 Å². The fourth-order valence-corrected chi connectivity index (χ4v) is 2.04. The summed E-state index contributed by atoms with van der Waals surface area (Å²) in [5, 5.41) is 8.89. The maximum Gasteiger partial charge on any atom is 0.409 e. The van der Waals surface area contributed by atoms with Gasteiger partial charge in [-0.25, -0.2) is 9.59 Å². The third kappa shape index (κ3) is 20.8. The van der Waals surface area contributed by atoms with Gasteiger partial charge in [0, 0.05) is 27.2 Å². The van der Waals surface area contributed by atoms with Crippen LogP contribution in [-0.4, -0.2) is 86.5 Å². The minimum absolute atomic E-state index is 0. The van der Waals surface area contributed by atoms with Crippen LogP contribution in [0.25, 0.3) is 0 Å². The number of ether oxygens (including phenoxy) is 3. The van der Waals surface area contributed by atoms with Gasteiger partial charge in [-0.15, -0.1) is 0 Å². The predicted octanol–water partition coefficient (Wildman–Crippen LogP) is 5.87. The van der Waals surface area contributed by atoms with Gasteiger partial charge in [-0.3, -0.25) is 9.59 Å². The van der Waals surface area contributed by atoms with E-state index in [-0.39, 0.29) is 34.0 Å². The molecule has 0 heterocycles. The quantitative estimate of drug-likeness (QED) is 0.187. The minimum Gasteiger partial charge on any atom is -0.481 e. The molecule has 10 heteroatoms. The molecular weight excluding hydrogens is 480 g/mol. The Morgan fingerprint density at radius 3 is 1.38 bits per heavy atom. The highest BCUT2D eigenvalue weighted by molar-refractivity contribution is 5.76. The Hall–Kier alpha value is -3.04. The standard InChI is InChI=1S/C12H21NO4.C11H19NO4.C2H6.2CH4/c1-6-9-17-11(15)13(4)8-7-12(2,3)10(14)16-5;1-5-8-16-10(15)12(4)7-6-11(2,3)9(13)14;1-2;;/h6H,1,7-9H2,2-5H3;5H,1,6-8H2,2-4H3,(H,13,14);1-2H3;2*1H4. The molecule has 220 valence electrons. The summed E-state index contributed by atoms with van der Waals surface area (Å²) >= 11 is 0. The largest absolute Gasteiger partial charge is 0.481 e. The zero-order chi connectivity index (χ0) is 28.2. The molecule has 0 unspecified atom stereocenters. The van der Waals surface area contributed by atoms with E-state index < -0.39 is 29.0 Å². The summed E-state index contributed by atoms with van der Waals surface area (Å²) in [6.07, 6.45) is 2.98. The number of rotatable bonds is 12. The Kier molecular flexibility index (Phi) is 27.8. The molecule has 1 N–H and O–H groups in total. The molecule has 10 nitrogen and oxygen atoms in total. The van der Waals surface area contributed by atoms with E-state index in [4.69, 9.17) is 14.6 Å². The molecule has 0 rings (SSSR count). The van der Waals surface area contributed by atoms with E-state index in [1.54, 1.807) is 41.8 Å². The smallest absolute Gasteiger partial charge is 0.409 e. The van der Waals surface area contributed by atoms with E-state index in [9.17, 15) is 19.2 Å². The van der Waals surface area contributed by atoms with Gasteiger partial charge in [-0.2, -0.15) is 0 Å². The van der Waals surface area contributed by atoms with Gasteiger partial charge in [0.15, 0.2) is 0 Å². The van der Waals surface area contributed by atoms with Crippen molar-refractivity contribution >= 4 is 24.1 Å². The second-order valence-electron chi connectivity index (χ2n) is 8.64.